The second-order valence-electron chi connectivity index (χ2n) is 7.17. The Balaban J connectivity index is 1.68. The maximum absolute atomic E-state index is 12.6. The standard InChI is InChI=1S/C18H27NO3/c1-3-10-18(21,13-6-4-5-7-13)17(20)22-16-11-14-8-9-15(12-16)19(14)2/h13-16,21H,4-9,11-12H2,1-2H3/t14-,15-,18+/m0/s1. The Morgan fingerprint density at radius 2 is 1.77 bits per heavy atom. The molecular weight excluding hydrogens is 278 g/mol. The summed E-state index contributed by atoms with van der Waals surface area (Å²) < 4.78 is 5.73. The molecule has 0 amide bonds. The summed E-state index contributed by atoms with van der Waals surface area (Å²) in [6.07, 6.45) is 7.94. The number of fused-ring (bicyclic) bond motifs is 2. The number of aliphatic hydroxyl groups is 1. The summed E-state index contributed by atoms with van der Waals surface area (Å²) >= 11 is 0. The van der Waals surface area contributed by atoms with Crippen LogP contribution in [0.1, 0.15) is 58.3 Å². The first kappa shape index (κ1) is 15.8. The Kier molecular flexibility index (Phi) is 4.47. The zero-order valence-corrected chi connectivity index (χ0v) is 13.7. The van der Waals surface area contributed by atoms with Gasteiger partial charge in [0.15, 0.2) is 0 Å². The molecule has 2 aliphatic heterocycles. The van der Waals surface area contributed by atoms with E-state index in [-0.39, 0.29) is 12.0 Å². The van der Waals surface area contributed by atoms with Crippen molar-refractivity contribution < 1.29 is 14.6 Å². The highest BCUT2D eigenvalue weighted by Gasteiger charge is 2.47. The third kappa shape index (κ3) is 2.77. The summed E-state index contributed by atoms with van der Waals surface area (Å²) in [5.41, 5.74) is -1.60. The van der Waals surface area contributed by atoms with E-state index in [1.165, 1.54) is 12.8 Å². The fourth-order valence-electron chi connectivity index (χ4n) is 4.55. The zero-order chi connectivity index (χ0) is 15.7. The van der Waals surface area contributed by atoms with Gasteiger partial charge in [-0.15, -0.1) is 5.92 Å². The molecule has 3 fully saturated rings. The Bertz CT molecular complexity index is 474. The van der Waals surface area contributed by atoms with Crippen LogP contribution in [0.3, 0.4) is 0 Å². The molecule has 2 bridgehead atoms. The lowest BCUT2D eigenvalue weighted by Crippen LogP contribution is -2.49. The van der Waals surface area contributed by atoms with E-state index in [9.17, 15) is 9.90 Å². The van der Waals surface area contributed by atoms with Crippen molar-refractivity contribution in [1.29, 1.82) is 0 Å². The molecule has 0 aromatic carbocycles. The number of hydrogen-bond acceptors (Lipinski definition) is 4. The van der Waals surface area contributed by atoms with Gasteiger partial charge >= 0.3 is 5.97 Å². The fraction of sp³-hybridized carbons (Fsp3) is 0.833. The normalized spacial score (nSPS) is 34.8. The fourth-order valence-corrected chi connectivity index (χ4v) is 4.55. The molecule has 1 N–H and O–H groups in total. The van der Waals surface area contributed by atoms with E-state index >= 15 is 0 Å². The number of nitrogens with zero attached hydrogens (tertiary/aromatic N) is 1. The highest BCUT2D eigenvalue weighted by molar-refractivity contribution is 5.84. The monoisotopic (exact) mass is 305 g/mol. The molecule has 2 saturated heterocycles. The molecule has 3 atom stereocenters. The van der Waals surface area contributed by atoms with Crippen molar-refractivity contribution in [2.24, 2.45) is 5.92 Å². The molecule has 3 rings (SSSR count). The van der Waals surface area contributed by atoms with Crippen LogP contribution in [0, 0.1) is 17.8 Å². The molecule has 122 valence electrons. The van der Waals surface area contributed by atoms with Gasteiger partial charge in [0.25, 0.3) is 0 Å². The van der Waals surface area contributed by atoms with Crippen LogP contribution in [-0.4, -0.2) is 46.8 Å². The third-order valence-electron chi connectivity index (χ3n) is 5.90. The van der Waals surface area contributed by atoms with Crippen molar-refractivity contribution in [1.82, 2.24) is 4.90 Å². The minimum atomic E-state index is -1.60. The first-order chi connectivity index (χ1) is 10.5. The van der Waals surface area contributed by atoms with Crippen molar-refractivity contribution in [2.45, 2.75) is 82.1 Å². The summed E-state index contributed by atoms with van der Waals surface area (Å²) in [6.45, 7) is 1.67. The van der Waals surface area contributed by atoms with E-state index in [2.05, 4.69) is 23.8 Å². The molecule has 2 heterocycles. The van der Waals surface area contributed by atoms with Crippen LogP contribution in [0.25, 0.3) is 0 Å². The van der Waals surface area contributed by atoms with Crippen LogP contribution in [0.5, 0.6) is 0 Å². The molecule has 22 heavy (non-hydrogen) atoms. The van der Waals surface area contributed by atoms with Gasteiger partial charge in [-0.1, -0.05) is 18.8 Å². The Morgan fingerprint density at radius 3 is 2.32 bits per heavy atom. The SMILES string of the molecule is CC#C[C@](O)(C(=O)OC1C[C@@H]2CC[C@@H](C1)N2C)C1CCCC1. The van der Waals surface area contributed by atoms with Gasteiger partial charge in [-0.3, -0.25) is 0 Å². The third-order valence-corrected chi connectivity index (χ3v) is 5.90. The minimum absolute atomic E-state index is 0.0622. The van der Waals surface area contributed by atoms with E-state index in [1.54, 1.807) is 6.92 Å². The summed E-state index contributed by atoms with van der Waals surface area (Å²) in [5, 5.41) is 10.9. The molecule has 0 unspecified atom stereocenters. The molecule has 1 saturated carbocycles. The number of esters is 1. The van der Waals surface area contributed by atoms with E-state index in [0.29, 0.717) is 12.1 Å². The maximum atomic E-state index is 12.6. The van der Waals surface area contributed by atoms with Crippen LogP contribution in [-0.2, 0) is 9.53 Å². The van der Waals surface area contributed by atoms with Gasteiger partial charge in [-0.25, -0.2) is 4.79 Å². The molecule has 0 spiro atoms. The number of piperidine rings is 1. The lowest BCUT2D eigenvalue weighted by atomic mass is 9.86. The van der Waals surface area contributed by atoms with E-state index < -0.39 is 11.6 Å². The quantitative estimate of drug-likeness (QED) is 0.641. The number of carbonyl (C=O) groups is 1. The van der Waals surface area contributed by atoms with Crippen molar-refractivity contribution in [2.75, 3.05) is 7.05 Å². The van der Waals surface area contributed by atoms with E-state index in [1.807, 2.05) is 0 Å². The van der Waals surface area contributed by atoms with Gasteiger partial charge in [-0.2, -0.15) is 0 Å². The average Bonchev–Trinajstić information content (AvgIpc) is 3.07. The molecule has 0 aromatic heterocycles. The maximum Gasteiger partial charge on any atom is 0.351 e. The van der Waals surface area contributed by atoms with E-state index in [4.69, 9.17) is 4.74 Å². The van der Waals surface area contributed by atoms with Crippen molar-refractivity contribution in [3.05, 3.63) is 0 Å². The molecule has 3 aliphatic rings. The topological polar surface area (TPSA) is 49.8 Å². The van der Waals surface area contributed by atoms with Crippen LogP contribution >= 0.6 is 0 Å². The minimum Gasteiger partial charge on any atom is -0.459 e. The number of ether oxygens (including phenoxy) is 1. The molecule has 1 aliphatic carbocycles. The van der Waals surface area contributed by atoms with Gasteiger partial charge in [0.1, 0.15) is 6.10 Å². The van der Waals surface area contributed by atoms with E-state index in [0.717, 1.165) is 38.5 Å². The van der Waals surface area contributed by atoms with Crippen LogP contribution in [0.2, 0.25) is 0 Å². The van der Waals surface area contributed by atoms with Crippen LogP contribution in [0.15, 0.2) is 0 Å². The predicted octanol–water partition coefficient (Wildman–Crippen LogP) is 2.10. The highest BCUT2D eigenvalue weighted by Crippen LogP contribution is 2.38. The van der Waals surface area contributed by atoms with Crippen molar-refractivity contribution in [3.8, 4) is 11.8 Å². The van der Waals surface area contributed by atoms with Crippen molar-refractivity contribution >= 4 is 5.97 Å². The first-order valence-electron chi connectivity index (χ1n) is 8.64. The lowest BCUT2D eigenvalue weighted by Gasteiger charge is -2.37. The Labute approximate surface area is 133 Å². The van der Waals surface area contributed by atoms with Crippen LogP contribution in [0.4, 0.5) is 0 Å². The molecular formula is C18H27NO3. The summed E-state index contributed by atoms with van der Waals surface area (Å²) in [5.74, 6) is 4.90. The van der Waals surface area contributed by atoms with Gasteiger partial charge in [0.2, 0.25) is 5.60 Å². The summed E-state index contributed by atoms with van der Waals surface area (Å²) in [6, 6.07) is 1.04. The highest BCUT2D eigenvalue weighted by atomic mass is 16.6. The lowest BCUT2D eigenvalue weighted by molar-refractivity contribution is -0.173. The van der Waals surface area contributed by atoms with Crippen molar-refractivity contribution in [3.63, 3.8) is 0 Å². The zero-order valence-electron chi connectivity index (χ0n) is 13.7. The number of rotatable bonds is 3. The van der Waals surface area contributed by atoms with Gasteiger partial charge in [-0.05, 0) is 52.5 Å². The number of hydrogen-bond donors (Lipinski definition) is 1. The average molecular weight is 305 g/mol. The smallest absolute Gasteiger partial charge is 0.351 e. The first-order valence-corrected chi connectivity index (χ1v) is 8.64. The van der Waals surface area contributed by atoms with Gasteiger partial charge in [0.05, 0.1) is 0 Å². The van der Waals surface area contributed by atoms with Crippen LogP contribution < -0.4 is 0 Å². The Hall–Kier alpha value is -1.05. The molecule has 0 aromatic rings. The second-order valence-corrected chi connectivity index (χ2v) is 7.17. The molecule has 0 radical (unpaired) electrons. The Morgan fingerprint density at radius 1 is 1.18 bits per heavy atom. The summed E-state index contributed by atoms with van der Waals surface area (Å²) in [4.78, 5) is 15.1. The second kappa shape index (κ2) is 6.22. The molecule has 4 nitrogen and oxygen atoms in total. The van der Waals surface area contributed by atoms with Gasteiger partial charge < -0.3 is 14.7 Å². The van der Waals surface area contributed by atoms with Gasteiger partial charge in [0, 0.05) is 18.0 Å². The predicted molar refractivity (Wildman–Crippen MR) is 84.0 cm³/mol. The summed E-state index contributed by atoms with van der Waals surface area (Å²) in [7, 11) is 2.16. The molecule has 4 heteroatoms. The number of carbonyl (C=O) groups excluding carboxylic acids is 1. The largest absolute Gasteiger partial charge is 0.459 e.